The monoisotopic (exact) mass is 189 g/mol. The molecule has 0 aliphatic carbocycles. The van der Waals surface area contributed by atoms with E-state index in [1.54, 1.807) is 0 Å². The van der Waals surface area contributed by atoms with Crippen LogP contribution in [0.15, 0.2) is 11.6 Å². The van der Waals surface area contributed by atoms with E-state index in [0.717, 1.165) is 26.6 Å². The highest BCUT2D eigenvalue weighted by molar-refractivity contribution is 5.62. The third-order valence-electron chi connectivity index (χ3n) is 1.19. The second-order valence-electron chi connectivity index (χ2n) is 2.39. The first-order valence-electron chi connectivity index (χ1n) is 4.13. The summed E-state index contributed by atoms with van der Waals surface area (Å²) in [4.78, 5) is 9.00. The third-order valence-corrected chi connectivity index (χ3v) is 1.19. The SMILES string of the molecule is CC(=O)O.CC1=CCOCC1.CN. The van der Waals surface area contributed by atoms with E-state index in [2.05, 4.69) is 18.7 Å². The molecule has 1 rings (SSSR count). The van der Waals surface area contributed by atoms with Gasteiger partial charge < -0.3 is 15.6 Å². The molecule has 1 aliphatic heterocycles. The van der Waals surface area contributed by atoms with Crippen molar-refractivity contribution >= 4 is 5.97 Å². The average molecular weight is 189 g/mol. The summed E-state index contributed by atoms with van der Waals surface area (Å²) in [7, 11) is 1.50. The fraction of sp³-hybridized carbons (Fsp3) is 0.667. The lowest BCUT2D eigenvalue weighted by Crippen LogP contribution is -2.01. The van der Waals surface area contributed by atoms with Crippen LogP contribution in [0.4, 0.5) is 0 Å². The van der Waals surface area contributed by atoms with Gasteiger partial charge in [0.2, 0.25) is 0 Å². The number of hydrogen-bond donors (Lipinski definition) is 2. The second kappa shape index (κ2) is 11.1. The molecule has 0 aromatic heterocycles. The minimum absolute atomic E-state index is 0.825. The highest BCUT2D eigenvalue weighted by atomic mass is 16.5. The molecule has 0 amide bonds. The first-order valence-corrected chi connectivity index (χ1v) is 4.13. The summed E-state index contributed by atoms with van der Waals surface area (Å²) in [6.07, 6.45) is 3.25. The van der Waals surface area contributed by atoms with E-state index in [-0.39, 0.29) is 0 Å². The number of rotatable bonds is 0. The van der Waals surface area contributed by atoms with Gasteiger partial charge in [0.25, 0.3) is 5.97 Å². The summed E-state index contributed by atoms with van der Waals surface area (Å²) in [5.74, 6) is -0.833. The van der Waals surface area contributed by atoms with Gasteiger partial charge in [0, 0.05) is 6.92 Å². The molecule has 0 unspecified atom stereocenters. The van der Waals surface area contributed by atoms with Gasteiger partial charge in [0.15, 0.2) is 0 Å². The van der Waals surface area contributed by atoms with Crippen molar-refractivity contribution in [1.82, 2.24) is 0 Å². The quantitative estimate of drug-likeness (QED) is 0.558. The van der Waals surface area contributed by atoms with Crippen LogP contribution in [0.25, 0.3) is 0 Å². The zero-order chi connectivity index (χ0) is 10.7. The number of carbonyl (C=O) groups is 1. The van der Waals surface area contributed by atoms with Crippen molar-refractivity contribution in [3.63, 3.8) is 0 Å². The molecule has 3 N–H and O–H groups in total. The Morgan fingerprint density at radius 1 is 1.62 bits per heavy atom. The Morgan fingerprint density at radius 2 is 2.08 bits per heavy atom. The first-order chi connectivity index (χ1) is 6.13. The zero-order valence-corrected chi connectivity index (χ0v) is 8.54. The Balaban J connectivity index is 0. The standard InChI is InChI=1S/C6H10O.C2H4O2.CH5N/c1-6-2-4-7-5-3-6;1-2(3)4;1-2/h2H,3-5H2,1H3;1H3,(H,3,4);2H2,1H3. The molecule has 0 saturated heterocycles. The van der Waals surface area contributed by atoms with Gasteiger partial charge >= 0.3 is 0 Å². The van der Waals surface area contributed by atoms with E-state index in [9.17, 15) is 0 Å². The number of nitrogens with two attached hydrogens (primary N) is 1. The summed E-state index contributed by atoms with van der Waals surface area (Å²) in [5, 5.41) is 7.42. The maximum Gasteiger partial charge on any atom is 0.300 e. The van der Waals surface area contributed by atoms with Gasteiger partial charge in [0.1, 0.15) is 0 Å². The maximum atomic E-state index is 9.00. The molecule has 0 spiro atoms. The van der Waals surface area contributed by atoms with Crippen molar-refractivity contribution in [3.8, 4) is 0 Å². The Hall–Kier alpha value is -0.870. The molecule has 0 bridgehead atoms. The normalized spacial score (nSPS) is 14.0. The Bertz CT molecular complexity index is 151. The van der Waals surface area contributed by atoms with Gasteiger partial charge in [-0.2, -0.15) is 0 Å². The lowest BCUT2D eigenvalue weighted by Gasteiger charge is -2.07. The van der Waals surface area contributed by atoms with Crippen LogP contribution >= 0.6 is 0 Å². The fourth-order valence-corrected chi connectivity index (χ4v) is 0.620. The lowest BCUT2D eigenvalue weighted by atomic mass is 10.2. The average Bonchev–Trinajstić information content (AvgIpc) is 2.08. The summed E-state index contributed by atoms with van der Waals surface area (Å²) < 4.78 is 5.06. The third kappa shape index (κ3) is 18.2. The van der Waals surface area contributed by atoms with Gasteiger partial charge in [0.05, 0.1) is 13.2 Å². The van der Waals surface area contributed by atoms with Gasteiger partial charge in [-0.1, -0.05) is 11.6 Å². The van der Waals surface area contributed by atoms with Gasteiger partial charge in [-0.25, -0.2) is 0 Å². The predicted molar refractivity (Wildman–Crippen MR) is 52.6 cm³/mol. The van der Waals surface area contributed by atoms with Crippen molar-refractivity contribution in [2.75, 3.05) is 20.3 Å². The molecule has 0 aromatic carbocycles. The Labute approximate surface area is 79.4 Å². The summed E-state index contributed by atoms with van der Waals surface area (Å²) >= 11 is 0. The second-order valence-corrected chi connectivity index (χ2v) is 2.39. The molecule has 1 aliphatic rings. The van der Waals surface area contributed by atoms with E-state index >= 15 is 0 Å². The lowest BCUT2D eigenvalue weighted by molar-refractivity contribution is -0.134. The highest BCUT2D eigenvalue weighted by Crippen LogP contribution is 2.04. The van der Waals surface area contributed by atoms with E-state index in [4.69, 9.17) is 14.6 Å². The minimum Gasteiger partial charge on any atom is -0.481 e. The smallest absolute Gasteiger partial charge is 0.300 e. The summed E-state index contributed by atoms with van der Waals surface area (Å²) in [6.45, 7) is 4.97. The Kier molecular flexibility index (Phi) is 12.5. The van der Waals surface area contributed by atoms with Crippen molar-refractivity contribution in [2.24, 2.45) is 5.73 Å². The molecule has 1 heterocycles. The molecule has 4 heteroatoms. The molecule has 13 heavy (non-hydrogen) atoms. The zero-order valence-electron chi connectivity index (χ0n) is 8.54. The fourth-order valence-electron chi connectivity index (χ4n) is 0.620. The molecule has 0 aromatic rings. The van der Waals surface area contributed by atoms with Crippen LogP contribution in [0.1, 0.15) is 20.3 Å². The summed E-state index contributed by atoms with van der Waals surface area (Å²) in [6, 6.07) is 0. The van der Waals surface area contributed by atoms with Crippen molar-refractivity contribution < 1.29 is 14.6 Å². The van der Waals surface area contributed by atoms with E-state index in [0.29, 0.717) is 0 Å². The molecule has 0 atom stereocenters. The van der Waals surface area contributed by atoms with Crippen LogP contribution in [-0.4, -0.2) is 31.3 Å². The summed E-state index contributed by atoms with van der Waals surface area (Å²) in [5.41, 5.74) is 5.96. The van der Waals surface area contributed by atoms with E-state index in [1.165, 1.54) is 12.6 Å². The van der Waals surface area contributed by atoms with Crippen molar-refractivity contribution in [3.05, 3.63) is 11.6 Å². The number of ether oxygens (including phenoxy) is 1. The highest BCUT2D eigenvalue weighted by Gasteiger charge is 1.94. The van der Waals surface area contributed by atoms with Gasteiger partial charge in [-0.15, -0.1) is 0 Å². The largest absolute Gasteiger partial charge is 0.481 e. The molecule has 4 nitrogen and oxygen atoms in total. The van der Waals surface area contributed by atoms with Crippen molar-refractivity contribution in [1.29, 1.82) is 0 Å². The van der Waals surface area contributed by atoms with Crippen LogP contribution in [0.5, 0.6) is 0 Å². The van der Waals surface area contributed by atoms with E-state index in [1.807, 2.05) is 0 Å². The Morgan fingerprint density at radius 3 is 2.23 bits per heavy atom. The molecule has 0 radical (unpaired) electrons. The minimum atomic E-state index is -0.833. The number of carboxylic acids is 1. The van der Waals surface area contributed by atoms with Crippen molar-refractivity contribution in [2.45, 2.75) is 20.3 Å². The topological polar surface area (TPSA) is 72.5 Å². The predicted octanol–water partition coefficient (Wildman–Crippen LogP) is 1.02. The van der Waals surface area contributed by atoms with Crippen LogP contribution in [-0.2, 0) is 9.53 Å². The molecule has 0 fully saturated rings. The number of aliphatic carboxylic acids is 1. The number of carboxylic acid groups (broad SMARTS) is 1. The first kappa shape index (κ1) is 14.6. The van der Waals surface area contributed by atoms with E-state index < -0.39 is 5.97 Å². The molecule has 0 saturated carbocycles. The number of hydrogen-bond acceptors (Lipinski definition) is 3. The van der Waals surface area contributed by atoms with Crippen LogP contribution < -0.4 is 5.73 Å². The van der Waals surface area contributed by atoms with Gasteiger partial charge in [-0.05, 0) is 20.4 Å². The van der Waals surface area contributed by atoms with Crippen LogP contribution in [0, 0.1) is 0 Å². The van der Waals surface area contributed by atoms with Gasteiger partial charge in [-0.3, -0.25) is 4.79 Å². The molecular formula is C9H19NO3. The molecule has 78 valence electrons. The molecular weight excluding hydrogens is 170 g/mol. The van der Waals surface area contributed by atoms with Crippen LogP contribution in [0.3, 0.4) is 0 Å². The maximum absolute atomic E-state index is 9.00. The van der Waals surface area contributed by atoms with Crippen LogP contribution in [0.2, 0.25) is 0 Å².